The Bertz CT molecular complexity index is 375. The fourth-order valence-corrected chi connectivity index (χ4v) is 2.36. The molecule has 18 heavy (non-hydrogen) atoms. The number of amides is 1. The van der Waals surface area contributed by atoms with E-state index < -0.39 is 5.54 Å². The Morgan fingerprint density at radius 1 is 1.17 bits per heavy atom. The second-order valence-electron chi connectivity index (χ2n) is 4.89. The van der Waals surface area contributed by atoms with Crippen LogP contribution in [0.4, 0.5) is 0 Å². The largest absolute Gasteiger partial charge is 0.350 e. The molecule has 0 unspecified atom stereocenters. The van der Waals surface area contributed by atoms with Crippen molar-refractivity contribution in [3.63, 3.8) is 0 Å². The maximum Gasteiger partial charge on any atom is 0.240 e. The Morgan fingerprint density at radius 3 is 2.39 bits per heavy atom. The summed E-state index contributed by atoms with van der Waals surface area (Å²) in [6, 6.07) is 9.92. The molecule has 3 N–H and O–H groups in total. The minimum absolute atomic E-state index is 0. The third-order valence-electron chi connectivity index (χ3n) is 3.49. The lowest BCUT2D eigenvalue weighted by atomic mass is 9.82. The number of carbonyl (C=O) groups is 1. The first-order valence-electron chi connectivity index (χ1n) is 6.32. The Kier molecular flexibility index (Phi) is 5.63. The zero-order chi connectivity index (χ0) is 12.1. The molecule has 1 aliphatic carbocycles. The molecule has 0 atom stereocenters. The first-order chi connectivity index (χ1) is 8.21. The molecule has 4 heteroatoms. The van der Waals surface area contributed by atoms with Crippen LogP contribution in [0.2, 0.25) is 0 Å². The average Bonchev–Trinajstić information content (AvgIpc) is 2.38. The Labute approximate surface area is 115 Å². The Morgan fingerprint density at radius 2 is 1.78 bits per heavy atom. The van der Waals surface area contributed by atoms with Crippen LogP contribution in [0.5, 0.6) is 0 Å². The number of hydrogen-bond acceptors (Lipinski definition) is 2. The molecule has 0 saturated heterocycles. The lowest BCUT2D eigenvalue weighted by molar-refractivity contribution is -0.127. The predicted octanol–water partition coefficient (Wildman–Crippen LogP) is 2.39. The highest BCUT2D eigenvalue weighted by Crippen LogP contribution is 2.25. The summed E-state index contributed by atoms with van der Waals surface area (Å²) in [7, 11) is 0. The SMILES string of the molecule is Cl.NC1(C(=O)NCc2ccccc2)CCCCC1. The van der Waals surface area contributed by atoms with Crippen LogP contribution in [0, 0.1) is 0 Å². The summed E-state index contributed by atoms with van der Waals surface area (Å²) < 4.78 is 0. The van der Waals surface area contributed by atoms with Gasteiger partial charge in [-0.15, -0.1) is 12.4 Å². The second-order valence-corrected chi connectivity index (χ2v) is 4.89. The van der Waals surface area contributed by atoms with E-state index in [1.165, 1.54) is 6.42 Å². The normalized spacial score (nSPS) is 17.6. The highest BCUT2D eigenvalue weighted by atomic mass is 35.5. The minimum atomic E-state index is -0.632. The zero-order valence-corrected chi connectivity index (χ0v) is 11.3. The van der Waals surface area contributed by atoms with Gasteiger partial charge >= 0.3 is 0 Å². The summed E-state index contributed by atoms with van der Waals surface area (Å²) >= 11 is 0. The van der Waals surface area contributed by atoms with Crippen molar-refractivity contribution in [3.05, 3.63) is 35.9 Å². The van der Waals surface area contributed by atoms with Crippen molar-refractivity contribution in [2.45, 2.75) is 44.2 Å². The fourth-order valence-electron chi connectivity index (χ4n) is 2.36. The summed E-state index contributed by atoms with van der Waals surface area (Å²) in [5.74, 6) is 0.000975. The van der Waals surface area contributed by atoms with Gasteiger partial charge in [0.25, 0.3) is 0 Å². The molecule has 0 radical (unpaired) electrons. The molecule has 0 bridgehead atoms. The van der Waals surface area contributed by atoms with E-state index in [-0.39, 0.29) is 18.3 Å². The monoisotopic (exact) mass is 268 g/mol. The van der Waals surface area contributed by atoms with Crippen LogP contribution in [0.3, 0.4) is 0 Å². The van der Waals surface area contributed by atoms with E-state index in [2.05, 4.69) is 5.32 Å². The number of hydrogen-bond donors (Lipinski definition) is 2. The first kappa shape index (κ1) is 15.0. The molecule has 1 saturated carbocycles. The van der Waals surface area contributed by atoms with Crippen molar-refractivity contribution in [1.82, 2.24) is 5.32 Å². The van der Waals surface area contributed by atoms with E-state index >= 15 is 0 Å². The van der Waals surface area contributed by atoms with Gasteiger partial charge in [-0.05, 0) is 18.4 Å². The molecule has 100 valence electrons. The van der Waals surface area contributed by atoms with Crippen molar-refractivity contribution in [2.24, 2.45) is 5.73 Å². The van der Waals surface area contributed by atoms with Gasteiger partial charge in [0.15, 0.2) is 0 Å². The van der Waals surface area contributed by atoms with Gasteiger partial charge in [0.05, 0.1) is 5.54 Å². The summed E-state index contributed by atoms with van der Waals surface area (Å²) in [4.78, 5) is 12.1. The molecule has 0 heterocycles. The lowest BCUT2D eigenvalue weighted by Crippen LogP contribution is -2.54. The van der Waals surface area contributed by atoms with Crippen molar-refractivity contribution in [3.8, 4) is 0 Å². The topological polar surface area (TPSA) is 55.1 Å². The Hall–Kier alpha value is -1.06. The highest BCUT2D eigenvalue weighted by Gasteiger charge is 2.34. The van der Waals surface area contributed by atoms with Gasteiger partial charge in [-0.3, -0.25) is 4.79 Å². The molecule has 2 rings (SSSR count). The van der Waals surface area contributed by atoms with Gasteiger partial charge in [-0.1, -0.05) is 49.6 Å². The number of nitrogens with two attached hydrogens (primary N) is 1. The maximum absolute atomic E-state index is 12.1. The maximum atomic E-state index is 12.1. The summed E-state index contributed by atoms with van der Waals surface area (Å²) in [5, 5.41) is 2.95. The summed E-state index contributed by atoms with van der Waals surface area (Å²) in [6.45, 7) is 0.568. The molecule has 1 amide bonds. The number of halogens is 1. The molecule has 1 aromatic rings. The third-order valence-corrected chi connectivity index (χ3v) is 3.49. The van der Waals surface area contributed by atoms with Crippen molar-refractivity contribution < 1.29 is 4.79 Å². The number of benzene rings is 1. The summed E-state index contributed by atoms with van der Waals surface area (Å²) in [5.41, 5.74) is 6.63. The molecule has 1 fully saturated rings. The van der Waals surface area contributed by atoms with Gasteiger partial charge in [0.1, 0.15) is 0 Å². The third kappa shape index (κ3) is 3.72. The molecule has 1 aromatic carbocycles. The van der Waals surface area contributed by atoms with Gasteiger partial charge in [-0.25, -0.2) is 0 Å². The van der Waals surface area contributed by atoms with E-state index in [9.17, 15) is 4.79 Å². The van der Waals surface area contributed by atoms with Crippen LogP contribution < -0.4 is 11.1 Å². The van der Waals surface area contributed by atoms with E-state index in [4.69, 9.17) is 5.73 Å². The molecular weight excluding hydrogens is 248 g/mol. The van der Waals surface area contributed by atoms with Crippen molar-refractivity contribution in [2.75, 3.05) is 0 Å². The van der Waals surface area contributed by atoms with E-state index in [1.807, 2.05) is 30.3 Å². The molecule has 3 nitrogen and oxygen atoms in total. The smallest absolute Gasteiger partial charge is 0.240 e. The van der Waals surface area contributed by atoms with Gasteiger partial charge in [0, 0.05) is 6.54 Å². The summed E-state index contributed by atoms with van der Waals surface area (Å²) in [6.07, 6.45) is 4.96. The van der Waals surface area contributed by atoms with Crippen LogP contribution in [0.25, 0.3) is 0 Å². The predicted molar refractivity (Wildman–Crippen MR) is 75.5 cm³/mol. The van der Waals surface area contributed by atoms with Crippen LogP contribution in [0.15, 0.2) is 30.3 Å². The quantitative estimate of drug-likeness (QED) is 0.884. The van der Waals surface area contributed by atoms with Crippen LogP contribution >= 0.6 is 12.4 Å². The van der Waals surface area contributed by atoms with Crippen molar-refractivity contribution >= 4 is 18.3 Å². The second kappa shape index (κ2) is 6.76. The number of carbonyl (C=O) groups excluding carboxylic acids is 1. The zero-order valence-electron chi connectivity index (χ0n) is 10.5. The highest BCUT2D eigenvalue weighted by molar-refractivity contribution is 5.86. The van der Waals surface area contributed by atoms with Gasteiger partial charge in [-0.2, -0.15) is 0 Å². The van der Waals surface area contributed by atoms with E-state index in [0.717, 1.165) is 31.2 Å². The molecule has 0 spiro atoms. The molecule has 0 aromatic heterocycles. The molecule has 1 aliphatic rings. The first-order valence-corrected chi connectivity index (χ1v) is 6.32. The van der Waals surface area contributed by atoms with Gasteiger partial charge in [0.2, 0.25) is 5.91 Å². The van der Waals surface area contributed by atoms with Crippen LogP contribution in [0.1, 0.15) is 37.7 Å². The number of rotatable bonds is 3. The van der Waals surface area contributed by atoms with Crippen LogP contribution in [-0.4, -0.2) is 11.4 Å². The molecular formula is C14H21ClN2O. The Balaban J connectivity index is 0.00000162. The average molecular weight is 269 g/mol. The van der Waals surface area contributed by atoms with Crippen LogP contribution in [-0.2, 0) is 11.3 Å². The minimum Gasteiger partial charge on any atom is -0.350 e. The standard InChI is InChI=1S/C14H20N2O.ClH/c15-14(9-5-2-6-10-14)13(17)16-11-12-7-3-1-4-8-12;/h1,3-4,7-8H,2,5-6,9-11,15H2,(H,16,17);1H. The van der Waals surface area contributed by atoms with Gasteiger partial charge < -0.3 is 11.1 Å². The lowest BCUT2D eigenvalue weighted by Gasteiger charge is -2.31. The van der Waals surface area contributed by atoms with E-state index in [0.29, 0.717) is 6.54 Å². The van der Waals surface area contributed by atoms with Crippen molar-refractivity contribution in [1.29, 1.82) is 0 Å². The number of nitrogens with one attached hydrogen (secondary N) is 1. The fraction of sp³-hybridized carbons (Fsp3) is 0.500. The van der Waals surface area contributed by atoms with E-state index in [1.54, 1.807) is 0 Å². The molecule has 0 aliphatic heterocycles.